The molecule has 0 unspecified atom stereocenters. The zero-order valence-electron chi connectivity index (χ0n) is 12.4. The van der Waals surface area contributed by atoms with E-state index < -0.39 is 0 Å². The molecular formula is C17H18N2O2S. The van der Waals surface area contributed by atoms with Crippen LogP contribution in [0.25, 0.3) is 0 Å². The molecule has 2 aliphatic rings. The van der Waals surface area contributed by atoms with Crippen molar-refractivity contribution in [3.05, 3.63) is 42.5 Å². The third kappa shape index (κ3) is 2.74. The molecule has 114 valence electrons. The fourth-order valence-electron chi connectivity index (χ4n) is 2.65. The highest BCUT2D eigenvalue weighted by atomic mass is 32.2. The number of hydrogen-bond donors (Lipinski definition) is 1. The lowest BCUT2D eigenvalue weighted by Crippen LogP contribution is -2.36. The van der Waals surface area contributed by atoms with Gasteiger partial charge in [-0.25, -0.2) is 4.72 Å². The predicted molar refractivity (Wildman–Crippen MR) is 88.9 cm³/mol. The first kappa shape index (κ1) is 13.8. The van der Waals surface area contributed by atoms with Crippen molar-refractivity contribution in [3.8, 4) is 17.2 Å². The van der Waals surface area contributed by atoms with Crippen molar-refractivity contribution in [3.63, 3.8) is 0 Å². The number of benzene rings is 2. The molecule has 1 fully saturated rings. The largest absolute Gasteiger partial charge is 0.497 e. The number of nitrogens with zero attached hydrogens (tertiary/aromatic N) is 1. The highest BCUT2D eigenvalue weighted by molar-refractivity contribution is 7.97. The summed E-state index contributed by atoms with van der Waals surface area (Å²) in [6, 6.07) is 14.7. The number of fused-ring (bicyclic) bond motifs is 1. The van der Waals surface area contributed by atoms with Gasteiger partial charge in [0.25, 0.3) is 0 Å². The van der Waals surface area contributed by atoms with Gasteiger partial charge in [-0.3, -0.25) is 0 Å². The molecule has 2 aromatic carbocycles. The first-order chi connectivity index (χ1) is 10.8. The van der Waals surface area contributed by atoms with Crippen molar-refractivity contribution in [2.75, 3.05) is 18.7 Å². The minimum Gasteiger partial charge on any atom is -0.497 e. The van der Waals surface area contributed by atoms with Gasteiger partial charge in [0.15, 0.2) is 0 Å². The molecule has 0 aromatic heterocycles. The molecule has 1 heterocycles. The van der Waals surface area contributed by atoms with Crippen LogP contribution < -0.4 is 19.1 Å². The number of anilines is 1. The summed E-state index contributed by atoms with van der Waals surface area (Å²) in [7, 11) is 1.66. The Morgan fingerprint density at radius 2 is 1.91 bits per heavy atom. The predicted octanol–water partition coefficient (Wildman–Crippen LogP) is 4.02. The molecule has 4 nitrogen and oxygen atoms in total. The molecule has 0 bridgehead atoms. The zero-order valence-corrected chi connectivity index (χ0v) is 13.2. The van der Waals surface area contributed by atoms with Crippen molar-refractivity contribution in [2.24, 2.45) is 0 Å². The lowest BCUT2D eigenvalue weighted by atomic mass is 10.2. The Morgan fingerprint density at radius 1 is 1.09 bits per heavy atom. The minimum atomic E-state index is 0.706. The molecule has 2 aromatic rings. The smallest absolute Gasteiger partial charge is 0.131 e. The lowest BCUT2D eigenvalue weighted by molar-refractivity contribution is 0.409. The van der Waals surface area contributed by atoms with E-state index in [-0.39, 0.29) is 0 Å². The molecule has 1 N–H and O–H groups in total. The van der Waals surface area contributed by atoms with Gasteiger partial charge in [0.05, 0.1) is 19.5 Å². The molecular weight excluding hydrogens is 296 g/mol. The summed E-state index contributed by atoms with van der Waals surface area (Å²) >= 11 is 1.67. The molecule has 1 aliphatic heterocycles. The van der Waals surface area contributed by atoms with Gasteiger partial charge in [0, 0.05) is 17.0 Å². The van der Waals surface area contributed by atoms with Crippen LogP contribution >= 0.6 is 11.9 Å². The summed E-state index contributed by atoms with van der Waals surface area (Å²) in [5.41, 5.74) is 1.31. The molecule has 4 rings (SSSR count). The van der Waals surface area contributed by atoms with E-state index in [9.17, 15) is 0 Å². The second kappa shape index (κ2) is 5.74. The van der Waals surface area contributed by atoms with Gasteiger partial charge >= 0.3 is 0 Å². The molecule has 0 saturated heterocycles. The van der Waals surface area contributed by atoms with Crippen LogP contribution in [0.2, 0.25) is 0 Å². The molecule has 0 radical (unpaired) electrons. The number of nitrogens with one attached hydrogen (secondary N) is 1. The number of methoxy groups -OCH3 is 1. The normalized spacial score (nSPS) is 17.0. The van der Waals surface area contributed by atoms with Gasteiger partial charge in [-0.2, -0.15) is 0 Å². The maximum atomic E-state index is 5.96. The van der Waals surface area contributed by atoms with E-state index in [0.29, 0.717) is 6.04 Å². The van der Waals surface area contributed by atoms with Crippen LogP contribution in [0.4, 0.5) is 5.69 Å². The molecule has 22 heavy (non-hydrogen) atoms. The van der Waals surface area contributed by atoms with Crippen LogP contribution in [0.1, 0.15) is 12.8 Å². The fourth-order valence-corrected chi connectivity index (χ4v) is 3.48. The molecule has 5 heteroatoms. The SMILES string of the molecule is COc1cccc(Oc2ccc3c(c2)SNCN3C2CC2)c1. The second-order valence-corrected chi connectivity index (χ2v) is 6.45. The van der Waals surface area contributed by atoms with Crippen molar-refractivity contribution < 1.29 is 9.47 Å². The summed E-state index contributed by atoms with van der Waals surface area (Å²) in [4.78, 5) is 3.67. The monoisotopic (exact) mass is 314 g/mol. The third-order valence-corrected chi connectivity index (χ3v) is 4.74. The van der Waals surface area contributed by atoms with E-state index in [2.05, 4.69) is 21.8 Å². The van der Waals surface area contributed by atoms with E-state index in [1.807, 2.05) is 30.3 Å². The van der Waals surface area contributed by atoms with E-state index >= 15 is 0 Å². The summed E-state index contributed by atoms with van der Waals surface area (Å²) in [5.74, 6) is 2.43. The number of rotatable bonds is 4. The van der Waals surface area contributed by atoms with E-state index in [0.717, 1.165) is 23.9 Å². The van der Waals surface area contributed by atoms with Crippen LogP contribution in [0.3, 0.4) is 0 Å². The fraction of sp³-hybridized carbons (Fsp3) is 0.294. The van der Waals surface area contributed by atoms with Crippen LogP contribution in [-0.2, 0) is 0 Å². The van der Waals surface area contributed by atoms with Crippen LogP contribution in [0, 0.1) is 0 Å². The molecule has 0 spiro atoms. The summed E-state index contributed by atoms with van der Waals surface area (Å²) in [6.07, 6.45) is 2.60. The summed E-state index contributed by atoms with van der Waals surface area (Å²) in [5, 5.41) is 0. The Labute approximate surface area is 134 Å². The molecule has 1 aliphatic carbocycles. The second-order valence-electron chi connectivity index (χ2n) is 5.52. The first-order valence-electron chi connectivity index (χ1n) is 7.46. The highest BCUT2D eigenvalue weighted by Gasteiger charge is 2.32. The standard InChI is InChI=1S/C17H18N2O2S/c1-20-13-3-2-4-14(9-13)21-15-7-8-16-17(10-15)22-18-11-19(16)12-5-6-12/h2-4,7-10,12,18H,5-6,11H2,1H3. The third-order valence-electron chi connectivity index (χ3n) is 3.92. The van der Waals surface area contributed by atoms with Gasteiger partial charge in [-0.1, -0.05) is 6.07 Å². The summed E-state index contributed by atoms with van der Waals surface area (Å²) in [6.45, 7) is 0.915. The molecule has 1 saturated carbocycles. The average molecular weight is 314 g/mol. The Hall–Kier alpha value is -1.85. The van der Waals surface area contributed by atoms with Gasteiger partial charge < -0.3 is 14.4 Å². The minimum absolute atomic E-state index is 0.706. The number of hydrogen-bond acceptors (Lipinski definition) is 5. The topological polar surface area (TPSA) is 33.7 Å². The molecule has 0 atom stereocenters. The van der Waals surface area contributed by atoms with Crippen LogP contribution in [0.5, 0.6) is 17.2 Å². The van der Waals surface area contributed by atoms with Gasteiger partial charge in [0.2, 0.25) is 0 Å². The van der Waals surface area contributed by atoms with Crippen LogP contribution in [-0.4, -0.2) is 19.8 Å². The van der Waals surface area contributed by atoms with E-state index in [1.54, 1.807) is 19.1 Å². The summed E-state index contributed by atoms with van der Waals surface area (Å²) < 4.78 is 14.6. The van der Waals surface area contributed by atoms with Crippen molar-refractivity contribution in [1.82, 2.24) is 4.72 Å². The van der Waals surface area contributed by atoms with Crippen molar-refractivity contribution >= 4 is 17.6 Å². The quantitative estimate of drug-likeness (QED) is 0.862. The maximum absolute atomic E-state index is 5.96. The van der Waals surface area contributed by atoms with E-state index in [1.165, 1.54) is 23.4 Å². The van der Waals surface area contributed by atoms with Crippen LogP contribution in [0.15, 0.2) is 47.4 Å². The number of ether oxygens (including phenoxy) is 2. The van der Waals surface area contributed by atoms with Crippen molar-refractivity contribution in [2.45, 2.75) is 23.8 Å². The van der Waals surface area contributed by atoms with Gasteiger partial charge in [-0.05, 0) is 55.1 Å². The lowest BCUT2D eigenvalue weighted by Gasteiger charge is -2.31. The average Bonchev–Trinajstić information content (AvgIpc) is 3.39. The Balaban J connectivity index is 1.58. The molecule has 0 amide bonds. The Bertz CT molecular complexity index is 688. The van der Waals surface area contributed by atoms with E-state index in [4.69, 9.17) is 9.47 Å². The van der Waals surface area contributed by atoms with Gasteiger partial charge in [-0.15, -0.1) is 0 Å². The Kier molecular flexibility index (Phi) is 3.60. The van der Waals surface area contributed by atoms with Gasteiger partial charge in [0.1, 0.15) is 17.2 Å². The Morgan fingerprint density at radius 3 is 2.73 bits per heavy atom. The first-order valence-corrected chi connectivity index (χ1v) is 8.27. The highest BCUT2D eigenvalue weighted by Crippen LogP contribution is 2.41. The van der Waals surface area contributed by atoms with Crippen molar-refractivity contribution in [1.29, 1.82) is 0 Å². The maximum Gasteiger partial charge on any atom is 0.131 e. The zero-order chi connectivity index (χ0) is 14.9.